The first-order chi connectivity index (χ1) is 7.52. The first-order valence-corrected chi connectivity index (χ1v) is 6.02. The fourth-order valence-electron chi connectivity index (χ4n) is 2.29. The van der Waals surface area contributed by atoms with Crippen molar-refractivity contribution in [3.05, 3.63) is 0 Å². The molecule has 0 radical (unpaired) electrons. The van der Waals surface area contributed by atoms with E-state index in [9.17, 15) is 9.59 Å². The predicted molar refractivity (Wildman–Crippen MR) is 58.8 cm³/mol. The fourth-order valence-corrected chi connectivity index (χ4v) is 2.29. The third-order valence-corrected chi connectivity index (χ3v) is 3.83. The van der Waals surface area contributed by atoms with Crippen LogP contribution in [0.5, 0.6) is 0 Å². The van der Waals surface area contributed by atoms with Gasteiger partial charge in [-0.15, -0.1) is 0 Å². The van der Waals surface area contributed by atoms with E-state index in [4.69, 9.17) is 5.11 Å². The number of hydrogen-bond donors (Lipinski definition) is 1. The van der Waals surface area contributed by atoms with Gasteiger partial charge in [0, 0.05) is 13.0 Å². The Morgan fingerprint density at radius 3 is 1.94 bits per heavy atom. The highest BCUT2D eigenvalue weighted by molar-refractivity contribution is 5.85. The zero-order chi connectivity index (χ0) is 11.9. The van der Waals surface area contributed by atoms with E-state index in [1.54, 1.807) is 14.0 Å². The maximum absolute atomic E-state index is 12.2. The van der Waals surface area contributed by atoms with Gasteiger partial charge in [-0.2, -0.15) is 0 Å². The molecule has 2 aliphatic carbocycles. The second kappa shape index (κ2) is 4.07. The summed E-state index contributed by atoms with van der Waals surface area (Å²) in [5.41, 5.74) is 0. The number of amides is 1. The minimum atomic E-state index is -0.929. The standard InChI is InChI=1S/C12H19NO3/c1-7(12(15)16)13(2)11(14)10(8-3-4-8)9-5-6-9/h7-10H,3-6H2,1-2H3,(H,15,16). The molecule has 4 nitrogen and oxygen atoms in total. The van der Waals surface area contributed by atoms with Crippen LogP contribution in [0.1, 0.15) is 32.6 Å². The van der Waals surface area contributed by atoms with Gasteiger partial charge >= 0.3 is 5.97 Å². The first-order valence-electron chi connectivity index (χ1n) is 6.02. The second-order valence-corrected chi connectivity index (χ2v) is 5.16. The summed E-state index contributed by atoms with van der Waals surface area (Å²) >= 11 is 0. The van der Waals surface area contributed by atoms with E-state index in [2.05, 4.69) is 0 Å². The number of carbonyl (C=O) groups excluding carboxylic acids is 1. The Kier molecular flexibility index (Phi) is 2.91. The highest BCUT2D eigenvalue weighted by Crippen LogP contribution is 2.49. The van der Waals surface area contributed by atoms with Gasteiger partial charge in [-0.3, -0.25) is 4.79 Å². The highest BCUT2D eigenvalue weighted by atomic mass is 16.4. The average molecular weight is 225 g/mol. The van der Waals surface area contributed by atoms with E-state index in [1.165, 1.54) is 4.90 Å². The van der Waals surface area contributed by atoms with Crippen LogP contribution in [0.25, 0.3) is 0 Å². The zero-order valence-electron chi connectivity index (χ0n) is 9.85. The highest BCUT2D eigenvalue weighted by Gasteiger charge is 2.47. The molecule has 16 heavy (non-hydrogen) atoms. The van der Waals surface area contributed by atoms with Gasteiger partial charge in [0.25, 0.3) is 0 Å². The van der Waals surface area contributed by atoms with Crippen LogP contribution in [0.15, 0.2) is 0 Å². The number of nitrogens with zero attached hydrogens (tertiary/aromatic N) is 1. The van der Waals surface area contributed by atoms with Crippen LogP contribution >= 0.6 is 0 Å². The smallest absolute Gasteiger partial charge is 0.326 e. The van der Waals surface area contributed by atoms with E-state index in [0.717, 1.165) is 25.7 Å². The molecule has 0 saturated heterocycles. The molecule has 2 aliphatic rings. The molecule has 1 unspecified atom stereocenters. The molecule has 1 atom stereocenters. The summed E-state index contributed by atoms with van der Waals surface area (Å²) in [7, 11) is 1.61. The zero-order valence-corrected chi connectivity index (χ0v) is 9.85. The molecule has 0 aliphatic heterocycles. The monoisotopic (exact) mass is 225 g/mol. The normalized spacial score (nSPS) is 21.9. The Labute approximate surface area is 95.6 Å². The van der Waals surface area contributed by atoms with Gasteiger partial charge in [-0.25, -0.2) is 4.79 Å². The summed E-state index contributed by atoms with van der Waals surface area (Å²) in [5, 5.41) is 8.90. The fraction of sp³-hybridized carbons (Fsp3) is 0.833. The van der Waals surface area contributed by atoms with Crippen LogP contribution in [0.2, 0.25) is 0 Å². The molecule has 90 valence electrons. The molecule has 0 bridgehead atoms. The SMILES string of the molecule is CC(C(=O)O)N(C)C(=O)C(C1CC1)C1CC1. The molecule has 4 heteroatoms. The summed E-state index contributed by atoms with van der Waals surface area (Å²) in [6, 6.07) is -0.715. The number of carbonyl (C=O) groups is 2. The van der Waals surface area contributed by atoms with E-state index >= 15 is 0 Å². The minimum absolute atomic E-state index is 0.0416. The van der Waals surface area contributed by atoms with Gasteiger partial charge in [-0.05, 0) is 44.4 Å². The Balaban J connectivity index is 2.01. The Hall–Kier alpha value is -1.06. The van der Waals surface area contributed by atoms with Crippen molar-refractivity contribution in [1.29, 1.82) is 0 Å². The van der Waals surface area contributed by atoms with Crippen molar-refractivity contribution in [3.8, 4) is 0 Å². The molecule has 0 spiro atoms. The summed E-state index contributed by atoms with van der Waals surface area (Å²) in [6.07, 6.45) is 4.56. The molecular weight excluding hydrogens is 206 g/mol. The van der Waals surface area contributed by atoms with Gasteiger partial charge in [0.2, 0.25) is 5.91 Å². The maximum Gasteiger partial charge on any atom is 0.326 e. The Morgan fingerprint density at radius 1 is 1.19 bits per heavy atom. The summed E-state index contributed by atoms with van der Waals surface area (Å²) < 4.78 is 0. The van der Waals surface area contributed by atoms with Gasteiger partial charge in [0.15, 0.2) is 0 Å². The molecule has 0 heterocycles. The van der Waals surface area contributed by atoms with Crippen molar-refractivity contribution in [2.45, 2.75) is 38.6 Å². The third-order valence-electron chi connectivity index (χ3n) is 3.83. The van der Waals surface area contributed by atoms with Crippen molar-refractivity contribution in [2.24, 2.45) is 17.8 Å². The van der Waals surface area contributed by atoms with Gasteiger partial charge in [-0.1, -0.05) is 0 Å². The van der Waals surface area contributed by atoms with Crippen molar-refractivity contribution in [1.82, 2.24) is 4.90 Å². The van der Waals surface area contributed by atoms with E-state index < -0.39 is 12.0 Å². The van der Waals surface area contributed by atoms with Crippen molar-refractivity contribution in [3.63, 3.8) is 0 Å². The number of carboxylic acids is 1. The number of aliphatic carboxylic acids is 1. The lowest BCUT2D eigenvalue weighted by Gasteiger charge is -2.26. The van der Waals surface area contributed by atoms with Gasteiger partial charge in [0.05, 0.1) is 0 Å². The van der Waals surface area contributed by atoms with Crippen LogP contribution in [-0.4, -0.2) is 35.0 Å². The van der Waals surface area contributed by atoms with Gasteiger partial charge < -0.3 is 10.0 Å². The summed E-state index contributed by atoms with van der Waals surface area (Å²) in [5.74, 6) is 0.278. The van der Waals surface area contributed by atoms with Crippen LogP contribution in [0.3, 0.4) is 0 Å². The molecule has 1 N–H and O–H groups in total. The van der Waals surface area contributed by atoms with Crippen molar-refractivity contribution in [2.75, 3.05) is 7.05 Å². The quantitative estimate of drug-likeness (QED) is 0.768. The van der Waals surface area contributed by atoms with Crippen LogP contribution in [0, 0.1) is 17.8 Å². The van der Waals surface area contributed by atoms with Crippen molar-refractivity contribution >= 4 is 11.9 Å². The van der Waals surface area contributed by atoms with E-state index in [1.807, 2.05) is 0 Å². The van der Waals surface area contributed by atoms with E-state index in [0.29, 0.717) is 11.8 Å². The summed E-state index contributed by atoms with van der Waals surface area (Å²) in [4.78, 5) is 24.5. The molecule has 0 aromatic rings. The Morgan fingerprint density at radius 2 is 1.62 bits per heavy atom. The Bertz CT molecular complexity index is 295. The van der Waals surface area contributed by atoms with Crippen LogP contribution in [-0.2, 0) is 9.59 Å². The summed E-state index contributed by atoms with van der Waals surface area (Å²) in [6.45, 7) is 1.57. The topological polar surface area (TPSA) is 57.6 Å². The molecule has 2 fully saturated rings. The van der Waals surface area contributed by atoms with Gasteiger partial charge in [0.1, 0.15) is 6.04 Å². The molecule has 0 aromatic heterocycles. The number of carboxylic acid groups (broad SMARTS) is 1. The first kappa shape index (κ1) is 11.4. The lowest BCUT2D eigenvalue weighted by molar-refractivity contribution is -0.150. The van der Waals surface area contributed by atoms with Crippen molar-refractivity contribution < 1.29 is 14.7 Å². The van der Waals surface area contributed by atoms with Crippen LogP contribution < -0.4 is 0 Å². The van der Waals surface area contributed by atoms with Crippen LogP contribution in [0.4, 0.5) is 0 Å². The molecule has 2 rings (SSSR count). The molecule has 1 amide bonds. The average Bonchev–Trinajstić information content (AvgIpc) is 3.08. The maximum atomic E-state index is 12.2. The van der Waals surface area contributed by atoms with E-state index in [-0.39, 0.29) is 11.8 Å². The number of hydrogen-bond acceptors (Lipinski definition) is 2. The number of rotatable bonds is 5. The lowest BCUT2D eigenvalue weighted by atomic mass is 9.96. The molecule has 0 aromatic carbocycles. The number of likely N-dealkylation sites (N-methyl/N-ethyl adjacent to an activating group) is 1. The molecular formula is C12H19NO3. The third kappa shape index (κ3) is 2.20. The predicted octanol–water partition coefficient (Wildman–Crippen LogP) is 1.35. The molecule has 2 saturated carbocycles. The minimum Gasteiger partial charge on any atom is -0.480 e. The largest absolute Gasteiger partial charge is 0.480 e. The lowest BCUT2D eigenvalue weighted by Crippen LogP contribution is -2.44. The second-order valence-electron chi connectivity index (χ2n) is 5.16.